The lowest BCUT2D eigenvalue weighted by Gasteiger charge is -2.08. The fourth-order valence-electron chi connectivity index (χ4n) is 1.49. The maximum Gasteiger partial charge on any atom is 0.139 e. The van der Waals surface area contributed by atoms with Gasteiger partial charge in [-0.3, -0.25) is 5.32 Å². The van der Waals surface area contributed by atoms with Crippen molar-refractivity contribution in [3.8, 4) is 5.75 Å². The molecule has 0 fully saturated rings. The van der Waals surface area contributed by atoms with Gasteiger partial charge >= 0.3 is 0 Å². The molecule has 0 aliphatic heterocycles. The lowest BCUT2D eigenvalue weighted by atomic mass is 10.3. The summed E-state index contributed by atoms with van der Waals surface area (Å²) in [5.74, 6) is 2.02. The first-order chi connectivity index (χ1) is 8.75. The minimum Gasteiger partial charge on any atom is -0.478 e. The Balaban J connectivity index is 1.79. The highest BCUT2D eigenvalue weighted by Crippen LogP contribution is 2.08. The number of hydrogen-bond acceptors (Lipinski definition) is 5. The summed E-state index contributed by atoms with van der Waals surface area (Å²) in [5, 5.41) is 3.13. The Morgan fingerprint density at radius 3 is 2.78 bits per heavy atom. The minimum absolute atomic E-state index is 0.414. The minimum atomic E-state index is 0.414. The monoisotopic (exact) mass is 244 g/mol. The van der Waals surface area contributed by atoms with E-state index in [1.807, 2.05) is 37.3 Å². The molecule has 1 heterocycles. The highest BCUT2D eigenvalue weighted by atomic mass is 16.5. The van der Waals surface area contributed by atoms with Crippen LogP contribution in [0.2, 0.25) is 0 Å². The van der Waals surface area contributed by atoms with Crippen LogP contribution < -0.4 is 15.8 Å². The third kappa shape index (κ3) is 3.43. The number of para-hydroxylation sites is 1. The topological polar surface area (TPSA) is 73.1 Å². The standard InChI is InChI=1S/C13H16N4O/c1-10-16-8-11(13(14)17-10)7-15-9-18-12-5-3-2-4-6-12/h2-6,8,15H,7,9H2,1H3,(H2,14,16,17). The summed E-state index contributed by atoms with van der Waals surface area (Å²) in [7, 11) is 0. The lowest BCUT2D eigenvalue weighted by Crippen LogP contribution is -2.20. The Kier molecular flexibility index (Phi) is 4.09. The Bertz CT molecular complexity index is 502. The second-order valence-corrected chi connectivity index (χ2v) is 3.86. The fourth-order valence-corrected chi connectivity index (χ4v) is 1.49. The summed E-state index contributed by atoms with van der Waals surface area (Å²) >= 11 is 0. The number of nitrogens with zero attached hydrogens (tertiary/aromatic N) is 2. The predicted molar refractivity (Wildman–Crippen MR) is 70.0 cm³/mol. The van der Waals surface area contributed by atoms with Crippen molar-refractivity contribution in [2.45, 2.75) is 13.5 Å². The first kappa shape index (κ1) is 12.3. The van der Waals surface area contributed by atoms with Crippen LogP contribution >= 0.6 is 0 Å². The zero-order valence-electron chi connectivity index (χ0n) is 10.3. The zero-order chi connectivity index (χ0) is 12.8. The second-order valence-electron chi connectivity index (χ2n) is 3.86. The summed E-state index contributed by atoms with van der Waals surface area (Å²) in [5.41, 5.74) is 6.66. The molecule has 5 heteroatoms. The van der Waals surface area contributed by atoms with Crippen molar-refractivity contribution in [3.63, 3.8) is 0 Å². The smallest absolute Gasteiger partial charge is 0.139 e. The molecular weight excluding hydrogens is 228 g/mol. The molecule has 0 atom stereocenters. The molecule has 2 rings (SSSR count). The van der Waals surface area contributed by atoms with Gasteiger partial charge in [-0.15, -0.1) is 0 Å². The highest BCUT2D eigenvalue weighted by molar-refractivity contribution is 5.37. The van der Waals surface area contributed by atoms with Crippen LogP contribution in [0.5, 0.6) is 5.75 Å². The number of nitrogens with one attached hydrogen (secondary N) is 1. The largest absolute Gasteiger partial charge is 0.478 e. The molecule has 0 unspecified atom stereocenters. The average molecular weight is 244 g/mol. The molecule has 0 spiro atoms. The van der Waals surface area contributed by atoms with E-state index in [1.54, 1.807) is 6.20 Å². The molecule has 18 heavy (non-hydrogen) atoms. The van der Waals surface area contributed by atoms with Gasteiger partial charge in [-0.25, -0.2) is 9.97 Å². The molecule has 1 aromatic heterocycles. The molecule has 0 radical (unpaired) electrons. The quantitative estimate of drug-likeness (QED) is 0.616. The number of ether oxygens (including phenoxy) is 1. The van der Waals surface area contributed by atoms with Crippen LogP contribution in [0.1, 0.15) is 11.4 Å². The van der Waals surface area contributed by atoms with Gasteiger partial charge in [0.15, 0.2) is 0 Å². The molecule has 2 aromatic rings. The number of hydrogen-bond donors (Lipinski definition) is 2. The first-order valence-electron chi connectivity index (χ1n) is 5.72. The molecule has 0 aliphatic carbocycles. The Hall–Kier alpha value is -2.14. The molecule has 94 valence electrons. The van der Waals surface area contributed by atoms with Crippen molar-refractivity contribution in [1.82, 2.24) is 15.3 Å². The molecule has 0 aliphatic rings. The normalized spacial score (nSPS) is 10.3. The molecule has 0 bridgehead atoms. The highest BCUT2D eigenvalue weighted by Gasteiger charge is 2.01. The van der Waals surface area contributed by atoms with Crippen molar-refractivity contribution < 1.29 is 4.74 Å². The van der Waals surface area contributed by atoms with Crippen LogP contribution in [0.15, 0.2) is 36.5 Å². The molecule has 3 N–H and O–H groups in total. The van der Waals surface area contributed by atoms with Crippen molar-refractivity contribution in [2.75, 3.05) is 12.5 Å². The fraction of sp³-hybridized carbons (Fsp3) is 0.231. The summed E-state index contributed by atoms with van der Waals surface area (Å²) in [6.07, 6.45) is 1.73. The van der Waals surface area contributed by atoms with E-state index in [0.29, 0.717) is 24.9 Å². The van der Waals surface area contributed by atoms with E-state index in [-0.39, 0.29) is 0 Å². The molecular formula is C13H16N4O. The SMILES string of the molecule is Cc1ncc(CNCOc2ccccc2)c(N)n1. The number of rotatable bonds is 5. The van der Waals surface area contributed by atoms with Crippen LogP contribution in [0, 0.1) is 6.92 Å². The number of anilines is 1. The van der Waals surface area contributed by atoms with E-state index in [1.165, 1.54) is 0 Å². The molecule has 0 amide bonds. The van der Waals surface area contributed by atoms with Crippen molar-refractivity contribution in [3.05, 3.63) is 47.9 Å². The molecule has 1 aromatic carbocycles. The van der Waals surface area contributed by atoms with Crippen molar-refractivity contribution in [1.29, 1.82) is 0 Å². The van der Waals surface area contributed by atoms with Gasteiger partial charge in [0.25, 0.3) is 0 Å². The molecule has 0 saturated heterocycles. The average Bonchev–Trinajstić information content (AvgIpc) is 2.38. The predicted octanol–water partition coefficient (Wildman–Crippen LogP) is 1.49. The van der Waals surface area contributed by atoms with Crippen LogP contribution in [-0.2, 0) is 6.54 Å². The summed E-state index contributed by atoms with van der Waals surface area (Å²) in [4.78, 5) is 8.20. The van der Waals surface area contributed by atoms with E-state index >= 15 is 0 Å². The van der Waals surface area contributed by atoms with Crippen LogP contribution in [-0.4, -0.2) is 16.7 Å². The van der Waals surface area contributed by atoms with E-state index < -0.39 is 0 Å². The summed E-state index contributed by atoms with van der Waals surface area (Å²) in [6, 6.07) is 9.63. The number of nitrogens with two attached hydrogens (primary N) is 1. The number of aryl methyl sites for hydroxylation is 1. The van der Waals surface area contributed by atoms with Gasteiger partial charge in [0, 0.05) is 18.3 Å². The third-order valence-corrected chi connectivity index (χ3v) is 2.42. The van der Waals surface area contributed by atoms with Gasteiger partial charge in [0.2, 0.25) is 0 Å². The van der Waals surface area contributed by atoms with Gasteiger partial charge in [0.1, 0.15) is 24.1 Å². The van der Waals surface area contributed by atoms with Gasteiger partial charge in [-0.2, -0.15) is 0 Å². The van der Waals surface area contributed by atoms with Crippen LogP contribution in [0.25, 0.3) is 0 Å². The van der Waals surface area contributed by atoms with Gasteiger partial charge in [0.05, 0.1) is 0 Å². The zero-order valence-corrected chi connectivity index (χ0v) is 10.3. The van der Waals surface area contributed by atoms with Gasteiger partial charge < -0.3 is 10.5 Å². The third-order valence-electron chi connectivity index (χ3n) is 2.42. The Morgan fingerprint density at radius 2 is 2.06 bits per heavy atom. The first-order valence-corrected chi connectivity index (χ1v) is 5.72. The summed E-state index contributed by atoms with van der Waals surface area (Å²) in [6.45, 7) is 2.81. The van der Waals surface area contributed by atoms with E-state index in [2.05, 4.69) is 15.3 Å². The molecule has 0 saturated carbocycles. The Morgan fingerprint density at radius 1 is 1.28 bits per heavy atom. The van der Waals surface area contributed by atoms with E-state index in [9.17, 15) is 0 Å². The number of benzene rings is 1. The second kappa shape index (κ2) is 5.97. The van der Waals surface area contributed by atoms with Gasteiger partial charge in [-0.05, 0) is 19.1 Å². The van der Waals surface area contributed by atoms with Crippen LogP contribution in [0.3, 0.4) is 0 Å². The van der Waals surface area contributed by atoms with E-state index in [0.717, 1.165) is 11.3 Å². The van der Waals surface area contributed by atoms with Crippen molar-refractivity contribution >= 4 is 5.82 Å². The van der Waals surface area contributed by atoms with Crippen molar-refractivity contribution in [2.24, 2.45) is 0 Å². The Labute approximate surface area is 106 Å². The number of aromatic nitrogens is 2. The summed E-state index contributed by atoms with van der Waals surface area (Å²) < 4.78 is 5.50. The lowest BCUT2D eigenvalue weighted by molar-refractivity contribution is 0.282. The van der Waals surface area contributed by atoms with Gasteiger partial charge in [-0.1, -0.05) is 18.2 Å². The van der Waals surface area contributed by atoms with E-state index in [4.69, 9.17) is 10.5 Å². The maximum atomic E-state index is 5.78. The molecule has 5 nitrogen and oxygen atoms in total. The number of nitrogen functional groups attached to an aromatic ring is 1. The van der Waals surface area contributed by atoms with Crippen LogP contribution in [0.4, 0.5) is 5.82 Å². The maximum absolute atomic E-state index is 5.78.